The molecule has 0 N–H and O–H groups in total. The van der Waals surface area contributed by atoms with Gasteiger partial charge in [0.1, 0.15) is 5.60 Å². The smallest absolute Gasteiger partial charge is 0.333 e. The average molecular weight is 278 g/mol. The van der Waals surface area contributed by atoms with E-state index < -0.39 is 0 Å². The van der Waals surface area contributed by atoms with Crippen molar-refractivity contribution in [3.63, 3.8) is 0 Å². The Morgan fingerprint density at radius 3 is 2.35 bits per heavy atom. The number of hydrogen-bond donors (Lipinski definition) is 0. The summed E-state index contributed by atoms with van der Waals surface area (Å²) < 4.78 is 5.95. The summed E-state index contributed by atoms with van der Waals surface area (Å²) in [5.41, 5.74) is 0.360. The standard InChI is InChI=1S/C18H30O2/c1-15(2)17(19)20-18-12-8-6-4-3-5-7-10-16(14-18)11-9-13-18/h16H,1,3-14H2,2H3. The van der Waals surface area contributed by atoms with E-state index in [2.05, 4.69) is 6.58 Å². The number of hydrogen-bond acceptors (Lipinski definition) is 2. The van der Waals surface area contributed by atoms with Crippen molar-refractivity contribution in [2.45, 2.75) is 89.6 Å². The molecule has 0 heterocycles. The van der Waals surface area contributed by atoms with Crippen molar-refractivity contribution < 1.29 is 9.53 Å². The largest absolute Gasteiger partial charge is 0.456 e. The quantitative estimate of drug-likeness (QED) is 0.514. The first-order valence-corrected chi connectivity index (χ1v) is 8.50. The summed E-state index contributed by atoms with van der Waals surface area (Å²) in [5.74, 6) is 0.584. The second-order valence-electron chi connectivity index (χ2n) is 6.98. The van der Waals surface area contributed by atoms with Gasteiger partial charge in [0.25, 0.3) is 0 Å². The molecule has 2 aliphatic rings. The fourth-order valence-corrected chi connectivity index (χ4v) is 3.93. The summed E-state index contributed by atoms with van der Waals surface area (Å²) in [7, 11) is 0. The molecular weight excluding hydrogens is 248 g/mol. The lowest BCUT2D eigenvalue weighted by Crippen LogP contribution is -2.40. The van der Waals surface area contributed by atoms with Gasteiger partial charge in [0.05, 0.1) is 0 Å². The lowest BCUT2D eigenvalue weighted by molar-refractivity contribution is -0.161. The number of carbonyl (C=O) groups is 1. The molecule has 2 aliphatic carbocycles. The average Bonchev–Trinajstić information content (AvgIpc) is 2.44. The van der Waals surface area contributed by atoms with Gasteiger partial charge >= 0.3 is 5.97 Å². The molecule has 2 saturated carbocycles. The maximum absolute atomic E-state index is 12.0. The lowest BCUT2D eigenvalue weighted by atomic mass is 9.74. The summed E-state index contributed by atoms with van der Waals surface area (Å²) >= 11 is 0. The molecule has 2 fully saturated rings. The topological polar surface area (TPSA) is 26.3 Å². The predicted molar refractivity (Wildman–Crippen MR) is 82.5 cm³/mol. The number of ether oxygens (including phenoxy) is 1. The van der Waals surface area contributed by atoms with Gasteiger partial charge in [-0.1, -0.05) is 51.5 Å². The highest BCUT2D eigenvalue weighted by atomic mass is 16.6. The minimum atomic E-state index is -0.180. The van der Waals surface area contributed by atoms with Gasteiger partial charge in [-0.2, -0.15) is 0 Å². The fraction of sp³-hybridized carbons (Fsp3) is 0.833. The maximum Gasteiger partial charge on any atom is 0.333 e. The molecule has 2 bridgehead atoms. The first kappa shape index (κ1) is 15.6. The second-order valence-corrected chi connectivity index (χ2v) is 6.98. The second kappa shape index (κ2) is 7.28. The van der Waals surface area contributed by atoms with Crippen LogP contribution in [-0.2, 0) is 9.53 Å². The zero-order valence-corrected chi connectivity index (χ0v) is 13.1. The third-order valence-electron chi connectivity index (χ3n) is 5.06. The third-order valence-corrected chi connectivity index (χ3v) is 5.06. The molecule has 2 nitrogen and oxygen atoms in total. The van der Waals surface area contributed by atoms with Crippen LogP contribution < -0.4 is 0 Å². The third kappa shape index (κ3) is 4.36. The minimum absolute atomic E-state index is 0.177. The van der Waals surface area contributed by atoms with Crippen LogP contribution in [-0.4, -0.2) is 11.6 Å². The van der Waals surface area contributed by atoms with E-state index in [1.54, 1.807) is 6.92 Å². The number of rotatable bonds is 2. The maximum atomic E-state index is 12.0. The van der Waals surface area contributed by atoms with Crippen molar-refractivity contribution in [2.75, 3.05) is 0 Å². The van der Waals surface area contributed by atoms with Crippen molar-refractivity contribution in [1.82, 2.24) is 0 Å². The summed E-state index contributed by atoms with van der Waals surface area (Å²) in [4.78, 5) is 12.0. The van der Waals surface area contributed by atoms with Crippen LogP contribution >= 0.6 is 0 Å². The van der Waals surface area contributed by atoms with E-state index in [9.17, 15) is 4.79 Å². The molecule has 2 rings (SSSR count). The Balaban J connectivity index is 2.06. The van der Waals surface area contributed by atoms with Gasteiger partial charge in [0.15, 0.2) is 0 Å². The van der Waals surface area contributed by atoms with Crippen LogP contribution in [0.4, 0.5) is 0 Å². The number of esters is 1. The van der Waals surface area contributed by atoms with Gasteiger partial charge in [-0.15, -0.1) is 0 Å². The highest BCUT2D eigenvalue weighted by Gasteiger charge is 2.39. The molecule has 0 amide bonds. The Labute approximate surface area is 124 Å². The van der Waals surface area contributed by atoms with Crippen molar-refractivity contribution in [1.29, 1.82) is 0 Å². The predicted octanol–water partition coefficient (Wildman–Crippen LogP) is 5.17. The van der Waals surface area contributed by atoms with E-state index in [0.29, 0.717) is 5.57 Å². The lowest BCUT2D eigenvalue weighted by Gasteiger charge is -2.40. The molecular formula is C18H30O2. The minimum Gasteiger partial charge on any atom is -0.456 e. The van der Waals surface area contributed by atoms with Gasteiger partial charge in [-0.05, 0) is 44.9 Å². The van der Waals surface area contributed by atoms with Gasteiger partial charge in [-0.25, -0.2) is 4.79 Å². The molecule has 0 aromatic carbocycles. The first-order chi connectivity index (χ1) is 9.61. The van der Waals surface area contributed by atoms with Crippen LogP contribution in [0.25, 0.3) is 0 Å². The summed E-state index contributed by atoms with van der Waals surface area (Å²) in [5, 5.41) is 0. The van der Waals surface area contributed by atoms with E-state index in [1.807, 2.05) is 0 Å². The molecule has 114 valence electrons. The molecule has 2 unspecified atom stereocenters. The monoisotopic (exact) mass is 278 g/mol. The van der Waals surface area contributed by atoms with Crippen molar-refractivity contribution in [3.8, 4) is 0 Å². The first-order valence-electron chi connectivity index (χ1n) is 8.50. The Bertz CT molecular complexity index is 347. The van der Waals surface area contributed by atoms with Crippen LogP contribution in [0, 0.1) is 5.92 Å². The molecule has 0 spiro atoms. The highest BCUT2D eigenvalue weighted by molar-refractivity contribution is 5.87. The van der Waals surface area contributed by atoms with E-state index >= 15 is 0 Å². The molecule has 2 atom stereocenters. The van der Waals surface area contributed by atoms with Crippen LogP contribution in [0.3, 0.4) is 0 Å². The molecule has 0 aliphatic heterocycles. The van der Waals surface area contributed by atoms with Crippen LogP contribution in [0.5, 0.6) is 0 Å². The van der Waals surface area contributed by atoms with Crippen LogP contribution in [0.2, 0.25) is 0 Å². The number of fused-ring (bicyclic) bond motifs is 2. The van der Waals surface area contributed by atoms with E-state index in [-0.39, 0.29) is 11.6 Å². The Morgan fingerprint density at radius 1 is 1.00 bits per heavy atom. The van der Waals surface area contributed by atoms with Gasteiger partial charge in [-0.3, -0.25) is 0 Å². The number of carbonyl (C=O) groups excluding carboxylic acids is 1. The molecule has 20 heavy (non-hydrogen) atoms. The van der Waals surface area contributed by atoms with Gasteiger partial charge < -0.3 is 4.74 Å². The Morgan fingerprint density at radius 2 is 1.60 bits per heavy atom. The van der Waals surface area contributed by atoms with E-state index in [1.165, 1.54) is 57.8 Å². The van der Waals surface area contributed by atoms with Crippen molar-refractivity contribution >= 4 is 5.97 Å². The Kier molecular flexibility index (Phi) is 5.68. The van der Waals surface area contributed by atoms with Crippen molar-refractivity contribution in [2.24, 2.45) is 5.92 Å². The van der Waals surface area contributed by atoms with Crippen molar-refractivity contribution in [3.05, 3.63) is 12.2 Å². The molecule has 0 aromatic rings. The van der Waals surface area contributed by atoms with E-state index in [4.69, 9.17) is 4.74 Å². The molecule has 0 saturated heterocycles. The van der Waals surface area contributed by atoms with Gasteiger partial charge in [0, 0.05) is 5.57 Å². The molecule has 0 radical (unpaired) electrons. The zero-order chi connectivity index (χ0) is 14.4. The summed E-state index contributed by atoms with van der Waals surface area (Å²) in [6, 6.07) is 0. The van der Waals surface area contributed by atoms with Crippen LogP contribution in [0.1, 0.15) is 84.0 Å². The summed E-state index contributed by atoms with van der Waals surface area (Å²) in [6.45, 7) is 5.49. The SMILES string of the molecule is C=C(C)C(=O)OC12CCCCCCCCC(CCC1)C2. The van der Waals surface area contributed by atoms with Gasteiger partial charge in [0.2, 0.25) is 0 Å². The normalized spacial score (nSPS) is 31.9. The molecule has 2 heteroatoms. The molecule has 0 aromatic heterocycles. The summed E-state index contributed by atoms with van der Waals surface area (Å²) in [6.07, 6.45) is 15.0. The Hall–Kier alpha value is -0.790. The fourth-order valence-electron chi connectivity index (χ4n) is 3.93. The van der Waals surface area contributed by atoms with E-state index in [0.717, 1.165) is 25.2 Å². The van der Waals surface area contributed by atoms with Crippen LogP contribution in [0.15, 0.2) is 12.2 Å². The highest BCUT2D eigenvalue weighted by Crippen LogP contribution is 2.41. The zero-order valence-electron chi connectivity index (χ0n) is 13.1.